The Morgan fingerprint density at radius 1 is 0.758 bits per heavy atom. The van der Waals surface area contributed by atoms with Crippen molar-refractivity contribution >= 4 is 27.5 Å². The molecule has 0 aliphatic heterocycles. The molecule has 0 bridgehead atoms. The van der Waals surface area contributed by atoms with E-state index in [4.69, 9.17) is 11.6 Å². The third-order valence-electron chi connectivity index (χ3n) is 5.17. The molecule has 0 heterocycles. The van der Waals surface area contributed by atoms with Crippen LogP contribution in [0.4, 0.5) is 13.2 Å². The van der Waals surface area contributed by atoms with Gasteiger partial charge in [-0.2, -0.15) is 0 Å². The summed E-state index contributed by atoms with van der Waals surface area (Å²) in [6.45, 7) is 0. The molecule has 0 aliphatic rings. The lowest BCUT2D eigenvalue weighted by Crippen LogP contribution is -2.29. The molecule has 0 radical (unpaired) electrons. The summed E-state index contributed by atoms with van der Waals surface area (Å²) in [6.07, 6.45) is -4.84. The van der Waals surface area contributed by atoms with Gasteiger partial charge in [0.05, 0.1) is 0 Å². The highest BCUT2D eigenvalue weighted by molar-refractivity contribution is 9.10. The Balaban J connectivity index is 1.99. The second-order valence-corrected chi connectivity index (χ2v) is 8.71. The number of aliphatic hydroxyl groups is 1. The molecule has 4 aromatic rings. The minimum atomic E-state index is -4.84. The monoisotopic (exact) mass is 532 g/mol. The van der Waals surface area contributed by atoms with Gasteiger partial charge in [0, 0.05) is 15.1 Å². The normalized spacial score (nSPS) is 11.9. The molecule has 168 valence electrons. The van der Waals surface area contributed by atoms with Crippen LogP contribution in [0.25, 0.3) is 11.1 Å². The van der Waals surface area contributed by atoms with Gasteiger partial charge in [-0.3, -0.25) is 0 Å². The van der Waals surface area contributed by atoms with Gasteiger partial charge in [0.1, 0.15) is 11.4 Å². The molecular formula is C26H17BrClF3O2. The molecule has 0 saturated carbocycles. The predicted molar refractivity (Wildman–Crippen MR) is 126 cm³/mol. The Labute approximate surface area is 202 Å². The lowest BCUT2D eigenvalue weighted by atomic mass is 9.77. The van der Waals surface area contributed by atoms with Crippen molar-refractivity contribution in [3.63, 3.8) is 0 Å². The fourth-order valence-electron chi connectivity index (χ4n) is 3.81. The first kappa shape index (κ1) is 23.4. The smallest absolute Gasteiger partial charge is 0.406 e. The first-order valence-corrected chi connectivity index (χ1v) is 11.0. The van der Waals surface area contributed by atoms with E-state index in [0.29, 0.717) is 37.3 Å². The quantitative estimate of drug-likeness (QED) is 0.264. The molecule has 2 nitrogen and oxygen atoms in total. The van der Waals surface area contributed by atoms with E-state index in [0.717, 1.165) is 0 Å². The predicted octanol–water partition coefficient (Wildman–Crippen LogP) is 7.95. The van der Waals surface area contributed by atoms with Crippen molar-refractivity contribution in [3.05, 3.63) is 123 Å². The van der Waals surface area contributed by atoms with E-state index >= 15 is 0 Å². The second-order valence-electron chi connectivity index (χ2n) is 7.36. The molecule has 0 atom stereocenters. The number of hydrogen-bond acceptors (Lipinski definition) is 2. The summed E-state index contributed by atoms with van der Waals surface area (Å²) in [7, 11) is 0. The van der Waals surface area contributed by atoms with Gasteiger partial charge in [0.15, 0.2) is 0 Å². The zero-order chi connectivity index (χ0) is 23.6. The topological polar surface area (TPSA) is 29.5 Å². The zero-order valence-electron chi connectivity index (χ0n) is 17.0. The number of halogens is 5. The lowest BCUT2D eigenvalue weighted by Gasteiger charge is -2.32. The van der Waals surface area contributed by atoms with Crippen LogP contribution < -0.4 is 4.74 Å². The first-order chi connectivity index (χ1) is 15.7. The fraction of sp³-hybridized carbons (Fsp3) is 0.0769. The van der Waals surface area contributed by atoms with Crippen LogP contribution in [0, 0.1) is 0 Å². The summed E-state index contributed by atoms with van der Waals surface area (Å²) in [5.74, 6) is -0.379. The van der Waals surface area contributed by atoms with Crippen LogP contribution in [-0.2, 0) is 5.60 Å². The van der Waals surface area contributed by atoms with Gasteiger partial charge in [-0.05, 0) is 52.6 Å². The number of benzene rings is 4. The summed E-state index contributed by atoms with van der Waals surface area (Å²) >= 11 is 9.60. The highest BCUT2D eigenvalue weighted by atomic mass is 79.9. The molecular weight excluding hydrogens is 517 g/mol. The van der Waals surface area contributed by atoms with Crippen LogP contribution in [0.3, 0.4) is 0 Å². The maximum Gasteiger partial charge on any atom is 0.573 e. The Morgan fingerprint density at radius 3 is 1.88 bits per heavy atom. The highest BCUT2D eigenvalue weighted by Gasteiger charge is 2.36. The number of hydrogen-bond donors (Lipinski definition) is 1. The van der Waals surface area contributed by atoms with Gasteiger partial charge >= 0.3 is 6.36 Å². The Morgan fingerprint density at radius 2 is 1.33 bits per heavy atom. The SMILES string of the molecule is OC(c1ccccc1)(c1ccccc1)c1cc(Cl)ccc1-c1cc(Br)cc(OC(F)(F)F)c1. The van der Waals surface area contributed by atoms with E-state index in [2.05, 4.69) is 20.7 Å². The van der Waals surface area contributed by atoms with Crippen molar-refractivity contribution in [2.75, 3.05) is 0 Å². The fourth-order valence-corrected chi connectivity index (χ4v) is 4.46. The number of alkyl halides is 3. The molecule has 0 unspecified atom stereocenters. The van der Waals surface area contributed by atoms with Crippen LogP contribution in [0.5, 0.6) is 5.75 Å². The largest absolute Gasteiger partial charge is 0.573 e. The molecule has 0 fully saturated rings. The van der Waals surface area contributed by atoms with Crippen LogP contribution in [0.2, 0.25) is 5.02 Å². The van der Waals surface area contributed by atoms with Gasteiger partial charge in [0.2, 0.25) is 0 Å². The van der Waals surface area contributed by atoms with E-state index in [1.54, 1.807) is 48.5 Å². The van der Waals surface area contributed by atoms with Crippen molar-refractivity contribution in [2.45, 2.75) is 12.0 Å². The van der Waals surface area contributed by atoms with Gasteiger partial charge in [-0.1, -0.05) is 94.3 Å². The molecule has 7 heteroatoms. The summed E-state index contributed by atoms with van der Waals surface area (Å²) in [4.78, 5) is 0. The van der Waals surface area contributed by atoms with Crippen molar-refractivity contribution in [3.8, 4) is 16.9 Å². The van der Waals surface area contributed by atoms with Crippen molar-refractivity contribution in [2.24, 2.45) is 0 Å². The summed E-state index contributed by atoms with van der Waals surface area (Å²) < 4.78 is 43.2. The van der Waals surface area contributed by atoms with E-state index in [9.17, 15) is 18.3 Å². The van der Waals surface area contributed by atoms with Crippen molar-refractivity contribution in [1.29, 1.82) is 0 Å². The van der Waals surface area contributed by atoms with E-state index in [1.165, 1.54) is 12.1 Å². The highest BCUT2D eigenvalue weighted by Crippen LogP contribution is 2.44. The molecule has 0 aromatic heterocycles. The Bertz CT molecular complexity index is 1220. The Hall–Kier alpha value is -2.80. The molecule has 1 N–H and O–H groups in total. The maximum absolute atomic E-state index is 12.9. The van der Waals surface area contributed by atoms with E-state index < -0.39 is 12.0 Å². The third kappa shape index (κ3) is 5.08. The van der Waals surface area contributed by atoms with E-state index in [-0.39, 0.29) is 5.75 Å². The number of ether oxygens (including phenoxy) is 1. The van der Waals surface area contributed by atoms with Crippen LogP contribution >= 0.6 is 27.5 Å². The molecule has 4 aromatic carbocycles. The zero-order valence-corrected chi connectivity index (χ0v) is 19.3. The van der Waals surface area contributed by atoms with Gasteiger partial charge in [-0.25, -0.2) is 0 Å². The first-order valence-electron chi connectivity index (χ1n) is 9.87. The molecule has 0 spiro atoms. The third-order valence-corrected chi connectivity index (χ3v) is 5.86. The summed E-state index contributed by atoms with van der Waals surface area (Å²) in [5.41, 5.74) is 0.880. The maximum atomic E-state index is 12.9. The average Bonchev–Trinajstić information content (AvgIpc) is 2.78. The van der Waals surface area contributed by atoms with Gasteiger partial charge in [-0.15, -0.1) is 13.2 Å². The molecule has 0 amide bonds. The minimum absolute atomic E-state index is 0.376. The van der Waals surface area contributed by atoms with Crippen LogP contribution in [0.1, 0.15) is 16.7 Å². The van der Waals surface area contributed by atoms with Gasteiger partial charge in [0.25, 0.3) is 0 Å². The lowest BCUT2D eigenvalue weighted by molar-refractivity contribution is -0.274. The molecule has 4 rings (SSSR count). The second kappa shape index (κ2) is 9.21. The van der Waals surface area contributed by atoms with Crippen molar-refractivity contribution in [1.82, 2.24) is 0 Å². The van der Waals surface area contributed by atoms with E-state index in [1.807, 2.05) is 36.4 Å². The van der Waals surface area contributed by atoms with Gasteiger partial charge < -0.3 is 9.84 Å². The van der Waals surface area contributed by atoms with Crippen LogP contribution in [-0.4, -0.2) is 11.5 Å². The van der Waals surface area contributed by atoms with Crippen LogP contribution in [0.15, 0.2) is 102 Å². The summed E-state index contributed by atoms with van der Waals surface area (Å²) in [5, 5.41) is 12.6. The van der Waals surface area contributed by atoms with Crippen molar-refractivity contribution < 1.29 is 23.0 Å². The average molecular weight is 534 g/mol. The standard InChI is InChI=1S/C26H17BrClF3O2/c27-20-13-17(14-22(15-20)33-26(29,30)31)23-12-11-21(28)16-24(23)25(32,18-7-3-1-4-8-18)19-9-5-2-6-10-19/h1-16,32H. The minimum Gasteiger partial charge on any atom is -0.406 e. The molecule has 33 heavy (non-hydrogen) atoms. The summed E-state index contributed by atoms with van der Waals surface area (Å²) in [6, 6.07) is 27.2. The molecule has 0 aliphatic carbocycles. The number of rotatable bonds is 5. The molecule has 0 saturated heterocycles. The Kier molecular flexibility index (Phi) is 6.52.